The van der Waals surface area contributed by atoms with Crippen molar-refractivity contribution in [3.8, 4) is 11.3 Å². The van der Waals surface area contributed by atoms with Crippen LogP contribution < -0.4 is 5.56 Å². The van der Waals surface area contributed by atoms with Gasteiger partial charge in [0.15, 0.2) is 0 Å². The van der Waals surface area contributed by atoms with Gasteiger partial charge in [0.2, 0.25) is 0 Å². The van der Waals surface area contributed by atoms with Crippen molar-refractivity contribution in [1.29, 1.82) is 0 Å². The fraction of sp³-hybridized carbons (Fsp3) is 0.250. The van der Waals surface area contributed by atoms with Gasteiger partial charge < -0.3 is 9.72 Å². The fourth-order valence-electron chi connectivity index (χ4n) is 1.56. The molecule has 0 bridgehead atoms. The molecular weight excluding hydrogens is 218 g/mol. The van der Waals surface area contributed by atoms with E-state index in [-0.39, 0.29) is 12.2 Å². The molecule has 0 unspecified atom stereocenters. The number of aryl methyl sites for hydroxylation is 1. The van der Waals surface area contributed by atoms with Crippen LogP contribution in [0.4, 0.5) is 0 Å². The topological polar surface area (TPSA) is 67.9 Å². The van der Waals surface area contributed by atoms with Crippen LogP contribution in [0.3, 0.4) is 0 Å². The Balaban J connectivity index is 2.48. The SMILES string of the molecule is COCc1nc(-c2cncc(C)c2)cc(=O)[nH]1. The quantitative estimate of drug-likeness (QED) is 0.864. The summed E-state index contributed by atoms with van der Waals surface area (Å²) in [6.07, 6.45) is 3.44. The number of nitrogens with one attached hydrogen (secondary N) is 1. The zero-order valence-electron chi connectivity index (χ0n) is 9.73. The summed E-state index contributed by atoms with van der Waals surface area (Å²) in [6, 6.07) is 3.39. The second-order valence-electron chi connectivity index (χ2n) is 3.76. The fourth-order valence-corrected chi connectivity index (χ4v) is 1.56. The Labute approximate surface area is 98.5 Å². The molecule has 0 amide bonds. The highest BCUT2D eigenvalue weighted by Crippen LogP contribution is 2.15. The lowest BCUT2D eigenvalue weighted by Crippen LogP contribution is -2.11. The van der Waals surface area contributed by atoms with Crippen LogP contribution in [0.2, 0.25) is 0 Å². The predicted octanol–water partition coefficient (Wildman–Crippen LogP) is 1.29. The minimum absolute atomic E-state index is 0.191. The van der Waals surface area contributed by atoms with E-state index in [1.54, 1.807) is 19.5 Å². The molecule has 88 valence electrons. The second-order valence-corrected chi connectivity index (χ2v) is 3.76. The van der Waals surface area contributed by atoms with Gasteiger partial charge in [0, 0.05) is 31.1 Å². The molecule has 2 aromatic rings. The van der Waals surface area contributed by atoms with Crippen molar-refractivity contribution >= 4 is 0 Å². The van der Waals surface area contributed by atoms with Gasteiger partial charge in [0.05, 0.1) is 5.69 Å². The van der Waals surface area contributed by atoms with E-state index in [2.05, 4.69) is 15.0 Å². The molecule has 1 N–H and O–H groups in total. The van der Waals surface area contributed by atoms with Crippen LogP contribution in [0.15, 0.2) is 29.3 Å². The molecule has 0 aliphatic rings. The van der Waals surface area contributed by atoms with Crippen LogP contribution >= 0.6 is 0 Å². The van der Waals surface area contributed by atoms with Gasteiger partial charge in [-0.3, -0.25) is 9.78 Å². The third kappa shape index (κ3) is 2.76. The summed E-state index contributed by atoms with van der Waals surface area (Å²) in [7, 11) is 1.56. The van der Waals surface area contributed by atoms with E-state index in [4.69, 9.17) is 4.74 Å². The van der Waals surface area contributed by atoms with E-state index in [0.717, 1.165) is 11.1 Å². The maximum absolute atomic E-state index is 11.5. The molecule has 2 rings (SSSR count). The van der Waals surface area contributed by atoms with E-state index in [1.807, 2.05) is 13.0 Å². The summed E-state index contributed by atoms with van der Waals surface area (Å²) in [5.41, 5.74) is 2.27. The van der Waals surface area contributed by atoms with Crippen LogP contribution in [0.5, 0.6) is 0 Å². The summed E-state index contributed by atoms with van der Waals surface area (Å²) in [6.45, 7) is 2.22. The van der Waals surface area contributed by atoms with Crippen molar-refractivity contribution in [2.45, 2.75) is 13.5 Å². The highest BCUT2D eigenvalue weighted by molar-refractivity contribution is 5.57. The lowest BCUT2D eigenvalue weighted by Gasteiger charge is -2.04. The lowest BCUT2D eigenvalue weighted by molar-refractivity contribution is 0.177. The molecule has 0 radical (unpaired) electrons. The van der Waals surface area contributed by atoms with Gasteiger partial charge in [0.1, 0.15) is 12.4 Å². The van der Waals surface area contributed by atoms with Crippen LogP contribution in [0, 0.1) is 6.92 Å². The van der Waals surface area contributed by atoms with Crippen LogP contribution in [0.25, 0.3) is 11.3 Å². The predicted molar refractivity (Wildman–Crippen MR) is 63.5 cm³/mol. The lowest BCUT2D eigenvalue weighted by atomic mass is 10.1. The third-order valence-corrected chi connectivity index (χ3v) is 2.24. The average molecular weight is 231 g/mol. The van der Waals surface area contributed by atoms with Crippen LogP contribution in [-0.4, -0.2) is 22.1 Å². The van der Waals surface area contributed by atoms with E-state index in [1.165, 1.54) is 6.07 Å². The number of nitrogens with zero attached hydrogens (tertiary/aromatic N) is 2. The number of pyridine rings is 1. The second kappa shape index (κ2) is 4.88. The molecule has 5 heteroatoms. The summed E-state index contributed by atoms with van der Waals surface area (Å²) < 4.78 is 4.95. The largest absolute Gasteiger partial charge is 0.377 e. The maximum Gasteiger partial charge on any atom is 0.251 e. The van der Waals surface area contributed by atoms with E-state index in [0.29, 0.717) is 11.5 Å². The molecule has 2 heterocycles. The molecule has 17 heavy (non-hydrogen) atoms. The molecule has 5 nitrogen and oxygen atoms in total. The Morgan fingerprint density at radius 2 is 2.18 bits per heavy atom. The van der Waals surface area contributed by atoms with E-state index < -0.39 is 0 Å². The Bertz CT molecular complexity index is 578. The molecule has 0 spiro atoms. The number of rotatable bonds is 3. The summed E-state index contributed by atoms with van der Waals surface area (Å²) in [4.78, 5) is 22.5. The first kappa shape index (κ1) is 11.5. The Hall–Kier alpha value is -2.01. The highest BCUT2D eigenvalue weighted by Gasteiger charge is 2.04. The van der Waals surface area contributed by atoms with E-state index >= 15 is 0 Å². The van der Waals surface area contributed by atoms with Gasteiger partial charge in [-0.1, -0.05) is 0 Å². The zero-order valence-corrected chi connectivity index (χ0v) is 9.73. The molecule has 0 saturated heterocycles. The molecule has 0 aliphatic carbocycles. The summed E-state index contributed by atoms with van der Waals surface area (Å²) in [5, 5.41) is 0. The molecule has 2 aromatic heterocycles. The van der Waals surface area contributed by atoms with Crippen LogP contribution in [0.1, 0.15) is 11.4 Å². The molecule has 0 atom stereocenters. The summed E-state index contributed by atoms with van der Waals surface area (Å²) in [5.74, 6) is 0.511. The number of hydrogen-bond donors (Lipinski definition) is 1. The van der Waals surface area contributed by atoms with Gasteiger partial charge in [0.25, 0.3) is 5.56 Å². The van der Waals surface area contributed by atoms with Crippen molar-refractivity contribution < 1.29 is 4.74 Å². The van der Waals surface area contributed by atoms with Crippen LogP contribution in [-0.2, 0) is 11.3 Å². The molecule has 0 aromatic carbocycles. The number of aromatic amines is 1. The smallest absolute Gasteiger partial charge is 0.251 e. The first-order valence-electron chi connectivity index (χ1n) is 5.20. The van der Waals surface area contributed by atoms with Gasteiger partial charge in [-0.15, -0.1) is 0 Å². The molecule has 0 fully saturated rings. The standard InChI is InChI=1S/C12H13N3O2/c1-8-3-9(6-13-5-8)10-4-12(16)15-11(14-10)7-17-2/h3-6H,7H2,1-2H3,(H,14,15,16). The number of methoxy groups -OCH3 is 1. The van der Waals surface area contributed by atoms with E-state index in [9.17, 15) is 4.79 Å². The van der Waals surface area contributed by atoms with Gasteiger partial charge >= 0.3 is 0 Å². The number of H-pyrrole nitrogens is 1. The monoisotopic (exact) mass is 231 g/mol. The molecular formula is C12H13N3O2. The Kier molecular flexibility index (Phi) is 3.30. The van der Waals surface area contributed by atoms with Crippen molar-refractivity contribution in [3.05, 3.63) is 46.3 Å². The number of ether oxygens (including phenoxy) is 1. The Morgan fingerprint density at radius 1 is 1.35 bits per heavy atom. The first-order valence-corrected chi connectivity index (χ1v) is 5.20. The highest BCUT2D eigenvalue weighted by atomic mass is 16.5. The maximum atomic E-state index is 11.5. The first-order chi connectivity index (χ1) is 8.19. The Morgan fingerprint density at radius 3 is 2.88 bits per heavy atom. The van der Waals surface area contributed by atoms with Crippen molar-refractivity contribution in [1.82, 2.24) is 15.0 Å². The van der Waals surface area contributed by atoms with Gasteiger partial charge in [-0.05, 0) is 18.6 Å². The number of hydrogen-bond acceptors (Lipinski definition) is 4. The zero-order chi connectivity index (χ0) is 12.3. The minimum Gasteiger partial charge on any atom is -0.377 e. The third-order valence-electron chi connectivity index (χ3n) is 2.24. The van der Waals surface area contributed by atoms with Gasteiger partial charge in [-0.25, -0.2) is 4.98 Å². The minimum atomic E-state index is -0.191. The van der Waals surface area contributed by atoms with Crippen molar-refractivity contribution in [2.75, 3.05) is 7.11 Å². The number of aromatic nitrogens is 3. The average Bonchev–Trinajstić information content (AvgIpc) is 2.28. The molecule has 0 saturated carbocycles. The summed E-state index contributed by atoms with van der Waals surface area (Å²) >= 11 is 0. The van der Waals surface area contributed by atoms with Gasteiger partial charge in [-0.2, -0.15) is 0 Å². The van der Waals surface area contributed by atoms with Crippen molar-refractivity contribution in [2.24, 2.45) is 0 Å². The normalized spacial score (nSPS) is 10.5. The molecule has 0 aliphatic heterocycles. The van der Waals surface area contributed by atoms with Crippen molar-refractivity contribution in [3.63, 3.8) is 0 Å².